The van der Waals surface area contributed by atoms with Crippen LogP contribution in [0.1, 0.15) is 0 Å². The summed E-state index contributed by atoms with van der Waals surface area (Å²) in [5.74, 6) is 0. The minimum atomic E-state index is -0.541. The van der Waals surface area contributed by atoms with Crippen LogP contribution >= 0.6 is 15.9 Å². The zero-order valence-corrected chi connectivity index (χ0v) is 8.13. The van der Waals surface area contributed by atoms with Gasteiger partial charge in [-0.05, 0) is 18.2 Å². The van der Waals surface area contributed by atoms with Crippen LogP contribution in [0.15, 0.2) is 28.7 Å². The molecule has 1 aromatic carbocycles. The molecule has 0 aromatic heterocycles. The lowest BCUT2D eigenvalue weighted by Crippen LogP contribution is -2.23. The summed E-state index contributed by atoms with van der Waals surface area (Å²) < 4.78 is 0.863. The van der Waals surface area contributed by atoms with Gasteiger partial charge in [0.25, 0.3) is 0 Å². The second-order valence-corrected chi connectivity index (χ2v) is 3.12. The van der Waals surface area contributed by atoms with E-state index in [0.29, 0.717) is 5.69 Å². The van der Waals surface area contributed by atoms with Gasteiger partial charge in [-0.3, -0.25) is 0 Å². The first-order chi connectivity index (χ1) is 6.22. The van der Waals surface area contributed by atoms with Crippen LogP contribution in [0.4, 0.5) is 10.5 Å². The van der Waals surface area contributed by atoms with E-state index in [9.17, 15) is 4.79 Å². The Morgan fingerprint density at radius 3 is 2.92 bits per heavy atom. The fourth-order valence-electron chi connectivity index (χ4n) is 0.779. The fraction of sp³-hybridized carbons (Fsp3) is 0. The molecule has 5 heteroatoms. The van der Waals surface area contributed by atoms with Crippen molar-refractivity contribution >= 4 is 27.6 Å². The van der Waals surface area contributed by atoms with E-state index < -0.39 is 6.03 Å². The van der Waals surface area contributed by atoms with Crippen molar-refractivity contribution in [1.29, 1.82) is 5.26 Å². The van der Waals surface area contributed by atoms with Gasteiger partial charge in [0.1, 0.15) is 0 Å². The van der Waals surface area contributed by atoms with Gasteiger partial charge in [0.2, 0.25) is 0 Å². The molecule has 0 fully saturated rings. The number of hydrogen-bond donors (Lipinski definition) is 2. The van der Waals surface area contributed by atoms with Crippen LogP contribution in [0.2, 0.25) is 0 Å². The number of anilines is 1. The van der Waals surface area contributed by atoms with E-state index in [0.717, 1.165) is 4.47 Å². The summed E-state index contributed by atoms with van der Waals surface area (Å²) in [5, 5.41) is 12.6. The molecule has 0 saturated heterocycles. The number of amides is 2. The summed E-state index contributed by atoms with van der Waals surface area (Å²) in [6, 6.07) is 6.54. The van der Waals surface area contributed by atoms with Crippen LogP contribution in [0, 0.1) is 11.5 Å². The molecule has 0 aliphatic rings. The molecule has 0 aliphatic heterocycles. The molecule has 0 atom stereocenters. The van der Waals surface area contributed by atoms with Crippen molar-refractivity contribution in [2.24, 2.45) is 0 Å². The van der Waals surface area contributed by atoms with Crippen molar-refractivity contribution in [2.45, 2.75) is 0 Å². The zero-order chi connectivity index (χ0) is 9.68. The molecule has 13 heavy (non-hydrogen) atoms. The molecule has 0 saturated carbocycles. The SMILES string of the molecule is N#CNC(=O)Nc1cccc(Br)c1. The van der Waals surface area contributed by atoms with Crippen LogP contribution < -0.4 is 10.6 Å². The molecular weight excluding hydrogens is 234 g/mol. The molecule has 1 aromatic rings. The number of nitrogens with zero attached hydrogens (tertiary/aromatic N) is 1. The number of rotatable bonds is 1. The van der Waals surface area contributed by atoms with Crippen molar-refractivity contribution in [3.8, 4) is 6.19 Å². The summed E-state index contributed by atoms with van der Waals surface area (Å²) in [6.07, 6.45) is 1.53. The minimum Gasteiger partial charge on any atom is -0.307 e. The van der Waals surface area contributed by atoms with Crippen LogP contribution in [-0.2, 0) is 0 Å². The lowest BCUT2D eigenvalue weighted by Gasteiger charge is -2.02. The summed E-state index contributed by atoms with van der Waals surface area (Å²) in [7, 11) is 0. The fourth-order valence-corrected chi connectivity index (χ4v) is 1.18. The number of carbonyl (C=O) groups excluding carboxylic acids is 1. The van der Waals surface area contributed by atoms with Gasteiger partial charge in [-0.2, -0.15) is 5.26 Å². The number of nitriles is 1. The molecule has 66 valence electrons. The number of nitrogens with one attached hydrogen (secondary N) is 2. The number of carbonyl (C=O) groups is 1. The van der Waals surface area contributed by atoms with E-state index in [-0.39, 0.29) is 0 Å². The summed E-state index contributed by atoms with van der Waals surface area (Å²) in [4.78, 5) is 10.9. The first kappa shape index (κ1) is 9.55. The smallest absolute Gasteiger partial charge is 0.307 e. The third kappa shape index (κ3) is 3.13. The first-order valence-corrected chi connectivity index (χ1v) is 4.23. The Labute approximate surface area is 83.7 Å². The normalized spacial score (nSPS) is 8.62. The quantitative estimate of drug-likeness (QED) is 0.582. The Balaban J connectivity index is 2.65. The summed E-state index contributed by atoms with van der Waals surface area (Å²) in [6.45, 7) is 0. The average molecular weight is 240 g/mol. The van der Waals surface area contributed by atoms with Crippen LogP contribution in [-0.4, -0.2) is 6.03 Å². The number of halogens is 1. The zero-order valence-electron chi connectivity index (χ0n) is 6.54. The summed E-state index contributed by atoms with van der Waals surface area (Å²) >= 11 is 3.25. The van der Waals surface area contributed by atoms with Crippen molar-refractivity contribution in [2.75, 3.05) is 5.32 Å². The van der Waals surface area contributed by atoms with Gasteiger partial charge >= 0.3 is 6.03 Å². The Morgan fingerprint density at radius 2 is 2.31 bits per heavy atom. The Kier molecular flexibility index (Phi) is 3.29. The van der Waals surface area contributed by atoms with E-state index in [4.69, 9.17) is 5.26 Å². The topological polar surface area (TPSA) is 64.9 Å². The number of urea groups is 1. The Bertz CT molecular complexity index is 359. The molecule has 0 spiro atoms. The summed E-state index contributed by atoms with van der Waals surface area (Å²) in [5.41, 5.74) is 0.627. The molecule has 1 rings (SSSR count). The van der Waals surface area contributed by atoms with Crippen LogP contribution in [0.25, 0.3) is 0 Å². The highest BCUT2D eigenvalue weighted by Crippen LogP contribution is 2.15. The van der Waals surface area contributed by atoms with Crippen LogP contribution in [0.3, 0.4) is 0 Å². The van der Waals surface area contributed by atoms with Crippen molar-refractivity contribution < 1.29 is 4.79 Å². The molecule has 0 radical (unpaired) electrons. The second kappa shape index (κ2) is 4.48. The minimum absolute atomic E-state index is 0.541. The average Bonchev–Trinajstić information content (AvgIpc) is 2.04. The van der Waals surface area contributed by atoms with Gasteiger partial charge in [-0.1, -0.05) is 22.0 Å². The van der Waals surface area contributed by atoms with E-state index in [1.54, 1.807) is 18.2 Å². The van der Waals surface area contributed by atoms with Crippen molar-refractivity contribution in [1.82, 2.24) is 5.32 Å². The molecule has 2 N–H and O–H groups in total. The largest absolute Gasteiger partial charge is 0.332 e. The maximum Gasteiger partial charge on any atom is 0.332 e. The second-order valence-electron chi connectivity index (χ2n) is 2.20. The van der Waals surface area contributed by atoms with E-state index in [1.165, 1.54) is 6.19 Å². The standard InChI is InChI=1S/C8H6BrN3O/c9-6-2-1-3-7(4-6)12-8(13)11-5-10/h1-4H,(H2,11,12,13). The maximum atomic E-state index is 10.9. The number of benzene rings is 1. The maximum absolute atomic E-state index is 10.9. The number of hydrogen-bond acceptors (Lipinski definition) is 2. The predicted octanol–water partition coefficient (Wildman–Crippen LogP) is 2.05. The molecular formula is C8H6BrN3O. The van der Waals surface area contributed by atoms with E-state index in [2.05, 4.69) is 21.2 Å². The van der Waals surface area contributed by atoms with E-state index >= 15 is 0 Å². The molecule has 4 nitrogen and oxygen atoms in total. The monoisotopic (exact) mass is 239 g/mol. The van der Waals surface area contributed by atoms with Gasteiger partial charge in [0, 0.05) is 10.2 Å². The highest BCUT2D eigenvalue weighted by molar-refractivity contribution is 9.10. The third-order valence-electron chi connectivity index (χ3n) is 1.25. The van der Waals surface area contributed by atoms with Gasteiger partial charge in [-0.15, -0.1) is 0 Å². The van der Waals surface area contributed by atoms with E-state index in [1.807, 2.05) is 11.4 Å². The Hall–Kier alpha value is -1.54. The Morgan fingerprint density at radius 1 is 1.54 bits per heavy atom. The van der Waals surface area contributed by atoms with Gasteiger partial charge < -0.3 is 5.32 Å². The van der Waals surface area contributed by atoms with Crippen molar-refractivity contribution in [3.05, 3.63) is 28.7 Å². The highest BCUT2D eigenvalue weighted by atomic mass is 79.9. The molecule has 0 heterocycles. The lowest BCUT2D eigenvalue weighted by atomic mass is 10.3. The van der Waals surface area contributed by atoms with Gasteiger partial charge in [-0.25, -0.2) is 10.1 Å². The molecule has 2 amide bonds. The highest BCUT2D eigenvalue weighted by Gasteiger charge is 1.99. The van der Waals surface area contributed by atoms with Crippen molar-refractivity contribution in [3.63, 3.8) is 0 Å². The third-order valence-corrected chi connectivity index (χ3v) is 1.75. The molecule has 0 aliphatic carbocycles. The molecule has 0 unspecified atom stereocenters. The van der Waals surface area contributed by atoms with Gasteiger partial charge in [0.15, 0.2) is 6.19 Å². The predicted molar refractivity (Wildman–Crippen MR) is 51.9 cm³/mol. The first-order valence-electron chi connectivity index (χ1n) is 3.44. The van der Waals surface area contributed by atoms with Gasteiger partial charge in [0.05, 0.1) is 0 Å². The van der Waals surface area contributed by atoms with Crippen LogP contribution in [0.5, 0.6) is 0 Å². The lowest BCUT2D eigenvalue weighted by molar-refractivity contribution is 0.255. The molecule has 0 bridgehead atoms.